The third-order valence-corrected chi connectivity index (χ3v) is 0.846. The van der Waals surface area contributed by atoms with E-state index < -0.39 is 24.5 Å². The quantitative estimate of drug-likeness (QED) is 0.282. The summed E-state index contributed by atoms with van der Waals surface area (Å²) in [6.45, 7) is 0. The van der Waals surface area contributed by atoms with E-state index in [2.05, 4.69) is 10.7 Å². The van der Waals surface area contributed by atoms with Crippen molar-refractivity contribution in [1.82, 2.24) is 5.59 Å². The molecule has 11 heavy (non-hydrogen) atoms. The summed E-state index contributed by atoms with van der Waals surface area (Å²) < 4.78 is 0. The molecule has 0 aliphatic heterocycles. The van der Waals surface area contributed by atoms with E-state index in [9.17, 15) is 9.59 Å². The molecule has 64 valence electrons. The molecule has 0 spiro atoms. The zero-order valence-corrected chi connectivity index (χ0v) is 5.48. The Morgan fingerprint density at radius 3 is 2.36 bits per heavy atom. The molecule has 1 atom stereocenters. The van der Waals surface area contributed by atoms with E-state index in [-0.39, 0.29) is 0 Å². The molecule has 0 fully saturated rings. The van der Waals surface area contributed by atoms with Gasteiger partial charge in [-0.05, 0) is 0 Å². The molecule has 0 saturated heterocycles. The highest BCUT2D eigenvalue weighted by atomic mass is 16.7. The molecular weight excluding hydrogens is 156 g/mol. The Morgan fingerprint density at radius 2 is 2.09 bits per heavy atom. The molecule has 0 aliphatic carbocycles. The van der Waals surface area contributed by atoms with Crippen molar-refractivity contribution in [3.8, 4) is 0 Å². The van der Waals surface area contributed by atoms with Crippen molar-refractivity contribution in [1.29, 1.82) is 0 Å². The summed E-state index contributed by atoms with van der Waals surface area (Å²) in [4.78, 5) is 24.3. The standard InChI is InChI=1S/C4H8N2O5/c5-6-11-2(4(9)10)1-3(7)8/h2,6H,1,5H2,(H,7,8)(H,9,10). The van der Waals surface area contributed by atoms with Crippen LogP contribution in [0.2, 0.25) is 0 Å². The number of nitrogens with two attached hydrogens (primary N) is 1. The maximum Gasteiger partial charge on any atom is 0.335 e. The fourth-order valence-electron chi connectivity index (χ4n) is 0.420. The SMILES string of the molecule is NNOC(CC(=O)O)C(=O)O. The Hall–Kier alpha value is -1.18. The summed E-state index contributed by atoms with van der Waals surface area (Å²) >= 11 is 0. The molecule has 0 aromatic carbocycles. The lowest BCUT2D eigenvalue weighted by atomic mass is 10.2. The largest absolute Gasteiger partial charge is 0.481 e. The Labute approximate surface area is 61.7 Å². The van der Waals surface area contributed by atoms with Gasteiger partial charge in [0.25, 0.3) is 0 Å². The molecule has 7 nitrogen and oxygen atoms in total. The molecule has 0 rings (SSSR count). The highest BCUT2D eigenvalue weighted by molar-refractivity contribution is 5.79. The number of rotatable bonds is 5. The summed E-state index contributed by atoms with van der Waals surface area (Å²) in [5.74, 6) is 1.96. The van der Waals surface area contributed by atoms with Gasteiger partial charge in [-0.3, -0.25) is 9.63 Å². The number of carbonyl (C=O) groups is 2. The van der Waals surface area contributed by atoms with E-state index >= 15 is 0 Å². The first-order valence-corrected chi connectivity index (χ1v) is 2.63. The van der Waals surface area contributed by atoms with Crippen LogP contribution in [0.25, 0.3) is 0 Å². The summed E-state index contributed by atoms with van der Waals surface area (Å²) in [7, 11) is 0. The number of carboxylic acid groups (broad SMARTS) is 2. The van der Waals surface area contributed by atoms with Gasteiger partial charge >= 0.3 is 11.9 Å². The van der Waals surface area contributed by atoms with Gasteiger partial charge in [0.1, 0.15) is 0 Å². The van der Waals surface area contributed by atoms with Crippen LogP contribution in [-0.4, -0.2) is 28.3 Å². The van der Waals surface area contributed by atoms with Crippen molar-refractivity contribution >= 4 is 11.9 Å². The fourth-order valence-corrected chi connectivity index (χ4v) is 0.420. The first kappa shape index (κ1) is 9.82. The van der Waals surface area contributed by atoms with Gasteiger partial charge in [0.05, 0.1) is 6.42 Å². The average Bonchev–Trinajstić information content (AvgIpc) is 1.86. The number of hydrogen-bond donors (Lipinski definition) is 4. The minimum absolute atomic E-state index is 0.639. The van der Waals surface area contributed by atoms with Crippen molar-refractivity contribution in [3.05, 3.63) is 0 Å². The summed E-state index contributed by atoms with van der Waals surface area (Å²) in [6, 6.07) is 0. The van der Waals surface area contributed by atoms with Gasteiger partial charge in [-0.1, -0.05) is 0 Å². The Bertz CT molecular complexity index is 159. The lowest BCUT2D eigenvalue weighted by Crippen LogP contribution is -2.35. The molecular formula is C4H8N2O5. The van der Waals surface area contributed by atoms with Crippen LogP contribution < -0.4 is 11.4 Å². The number of aliphatic carboxylic acids is 2. The predicted molar refractivity (Wildman–Crippen MR) is 32.1 cm³/mol. The van der Waals surface area contributed by atoms with Gasteiger partial charge in [0.15, 0.2) is 6.10 Å². The van der Waals surface area contributed by atoms with Gasteiger partial charge in [-0.15, -0.1) is 5.59 Å². The van der Waals surface area contributed by atoms with Crippen LogP contribution in [0.3, 0.4) is 0 Å². The normalized spacial score (nSPS) is 12.5. The monoisotopic (exact) mass is 164 g/mol. The van der Waals surface area contributed by atoms with Crippen LogP contribution in [0.5, 0.6) is 0 Å². The van der Waals surface area contributed by atoms with Crippen LogP contribution in [0.4, 0.5) is 0 Å². The second-order valence-electron chi connectivity index (χ2n) is 1.66. The van der Waals surface area contributed by atoms with E-state index in [4.69, 9.17) is 10.2 Å². The number of hydrazine groups is 1. The summed E-state index contributed by atoms with van der Waals surface area (Å²) in [5.41, 5.74) is 1.61. The van der Waals surface area contributed by atoms with E-state index in [1.807, 2.05) is 0 Å². The maximum absolute atomic E-state index is 10.1. The zero-order chi connectivity index (χ0) is 8.85. The lowest BCUT2D eigenvalue weighted by molar-refractivity contribution is -0.162. The first-order chi connectivity index (χ1) is 5.07. The van der Waals surface area contributed by atoms with Gasteiger partial charge < -0.3 is 10.2 Å². The minimum Gasteiger partial charge on any atom is -0.481 e. The highest BCUT2D eigenvalue weighted by Crippen LogP contribution is 1.95. The van der Waals surface area contributed by atoms with E-state index in [0.717, 1.165) is 0 Å². The molecule has 0 bridgehead atoms. The van der Waals surface area contributed by atoms with Crippen molar-refractivity contribution in [2.24, 2.45) is 5.84 Å². The molecule has 0 aromatic rings. The van der Waals surface area contributed by atoms with Gasteiger partial charge in [-0.2, -0.15) is 0 Å². The van der Waals surface area contributed by atoms with Crippen LogP contribution in [0.1, 0.15) is 6.42 Å². The smallest absolute Gasteiger partial charge is 0.335 e. The molecule has 7 heteroatoms. The Kier molecular flexibility index (Phi) is 4.11. The Morgan fingerprint density at radius 1 is 1.55 bits per heavy atom. The average molecular weight is 164 g/mol. The van der Waals surface area contributed by atoms with Crippen molar-refractivity contribution in [2.45, 2.75) is 12.5 Å². The van der Waals surface area contributed by atoms with Crippen molar-refractivity contribution in [3.63, 3.8) is 0 Å². The second kappa shape index (κ2) is 4.61. The lowest BCUT2D eigenvalue weighted by Gasteiger charge is -2.07. The van der Waals surface area contributed by atoms with Gasteiger partial charge in [-0.25, -0.2) is 10.6 Å². The van der Waals surface area contributed by atoms with Crippen LogP contribution in [0, 0.1) is 0 Å². The van der Waals surface area contributed by atoms with Crippen LogP contribution >= 0.6 is 0 Å². The zero-order valence-electron chi connectivity index (χ0n) is 5.48. The maximum atomic E-state index is 10.1. The first-order valence-electron chi connectivity index (χ1n) is 2.63. The topological polar surface area (TPSA) is 122 Å². The third kappa shape index (κ3) is 4.25. The van der Waals surface area contributed by atoms with Crippen molar-refractivity contribution < 1.29 is 24.6 Å². The fraction of sp³-hybridized carbons (Fsp3) is 0.500. The minimum atomic E-state index is -1.46. The molecule has 0 saturated carbocycles. The molecule has 0 aromatic heterocycles. The summed E-state index contributed by atoms with van der Waals surface area (Å²) in [5, 5.41) is 16.4. The van der Waals surface area contributed by atoms with E-state index in [1.54, 1.807) is 5.59 Å². The molecule has 5 N–H and O–H groups in total. The van der Waals surface area contributed by atoms with Crippen LogP contribution in [0.15, 0.2) is 0 Å². The highest BCUT2D eigenvalue weighted by Gasteiger charge is 2.21. The molecule has 0 radical (unpaired) electrons. The summed E-state index contributed by atoms with van der Waals surface area (Å²) in [6.07, 6.45) is -2.10. The number of carboxylic acids is 2. The Balaban J connectivity index is 3.89. The van der Waals surface area contributed by atoms with E-state index in [1.165, 1.54) is 0 Å². The molecule has 0 aliphatic rings. The van der Waals surface area contributed by atoms with Gasteiger partial charge in [0, 0.05) is 0 Å². The predicted octanol–water partition coefficient (Wildman–Crippen LogP) is -1.69. The van der Waals surface area contributed by atoms with E-state index in [0.29, 0.717) is 0 Å². The van der Waals surface area contributed by atoms with Crippen molar-refractivity contribution in [2.75, 3.05) is 0 Å². The van der Waals surface area contributed by atoms with Gasteiger partial charge in [0.2, 0.25) is 0 Å². The molecule has 0 heterocycles. The molecule has 1 unspecified atom stereocenters. The van der Waals surface area contributed by atoms with Crippen LogP contribution in [-0.2, 0) is 14.4 Å². The molecule has 0 amide bonds. The second-order valence-corrected chi connectivity index (χ2v) is 1.66. The number of hydrogen-bond acceptors (Lipinski definition) is 5. The number of nitrogens with one attached hydrogen (secondary N) is 1. The third-order valence-electron chi connectivity index (χ3n) is 0.846.